The standard InChI is InChI=1S/C23H32N4O4S/c1-14(2)20(25-21(28)17-6-8-19(30-5)9-7-17)22(29)26-23-24-18(13-32-23)12-27-10-15(3)31-16(4)11-27/h6-9,13-16,20H,10-12H2,1-5H3,(H,25,28)(H,24,26,29)/t15-,16+,20-/m1/s1. The summed E-state index contributed by atoms with van der Waals surface area (Å²) >= 11 is 1.39. The smallest absolute Gasteiger partial charge is 0.251 e. The quantitative estimate of drug-likeness (QED) is 0.629. The van der Waals surface area contributed by atoms with Crippen LogP contribution in [-0.4, -0.2) is 60.1 Å². The molecular weight excluding hydrogens is 428 g/mol. The van der Waals surface area contributed by atoms with Gasteiger partial charge in [0, 0.05) is 30.6 Å². The third-order valence-electron chi connectivity index (χ3n) is 5.25. The predicted molar refractivity (Wildman–Crippen MR) is 125 cm³/mol. The van der Waals surface area contributed by atoms with Gasteiger partial charge in [0.05, 0.1) is 25.0 Å². The second-order valence-electron chi connectivity index (χ2n) is 8.51. The number of benzene rings is 1. The number of nitrogens with zero attached hydrogens (tertiary/aromatic N) is 2. The van der Waals surface area contributed by atoms with Crippen molar-refractivity contribution in [3.63, 3.8) is 0 Å². The van der Waals surface area contributed by atoms with Crippen LogP contribution in [0.1, 0.15) is 43.7 Å². The van der Waals surface area contributed by atoms with E-state index in [0.717, 1.165) is 18.8 Å². The van der Waals surface area contributed by atoms with E-state index < -0.39 is 6.04 Å². The van der Waals surface area contributed by atoms with Crippen LogP contribution < -0.4 is 15.4 Å². The van der Waals surface area contributed by atoms with Crippen LogP contribution in [0.5, 0.6) is 5.75 Å². The number of morpholine rings is 1. The van der Waals surface area contributed by atoms with Crippen LogP contribution in [0.15, 0.2) is 29.6 Å². The van der Waals surface area contributed by atoms with Gasteiger partial charge in [-0.3, -0.25) is 14.5 Å². The Morgan fingerprint density at radius 2 is 1.88 bits per heavy atom. The van der Waals surface area contributed by atoms with Gasteiger partial charge < -0.3 is 20.1 Å². The molecule has 0 unspecified atom stereocenters. The molecule has 2 N–H and O–H groups in total. The number of anilines is 1. The van der Waals surface area contributed by atoms with E-state index in [9.17, 15) is 9.59 Å². The normalized spacial score (nSPS) is 20.1. The summed E-state index contributed by atoms with van der Waals surface area (Å²) in [5.41, 5.74) is 1.38. The highest BCUT2D eigenvalue weighted by atomic mass is 32.1. The highest BCUT2D eigenvalue weighted by molar-refractivity contribution is 7.13. The van der Waals surface area contributed by atoms with Crippen LogP contribution in [0.3, 0.4) is 0 Å². The molecule has 0 saturated carbocycles. The van der Waals surface area contributed by atoms with Gasteiger partial charge in [-0.2, -0.15) is 0 Å². The Hall–Kier alpha value is -2.49. The first kappa shape index (κ1) is 24.2. The summed E-state index contributed by atoms with van der Waals surface area (Å²) in [7, 11) is 1.57. The SMILES string of the molecule is COc1ccc(C(=O)N[C@@H](C(=O)Nc2nc(CN3C[C@@H](C)O[C@@H](C)C3)cs2)C(C)C)cc1. The Balaban J connectivity index is 1.59. The molecule has 174 valence electrons. The van der Waals surface area contributed by atoms with Crippen molar-refractivity contribution < 1.29 is 19.1 Å². The molecule has 1 aliphatic heterocycles. The first-order chi connectivity index (χ1) is 15.2. The van der Waals surface area contributed by atoms with E-state index in [1.165, 1.54) is 11.3 Å². The summed E-state index contributed by atoms with van der Waals surface area (Å²) in [4.78, 5) is 32.4. The number of aromatic nitrogens is 1. The van der Waals surface area contributed by atoms with Gasteiger partial charge in [0.1, 0.15) is 11.8 Å². The summed E-state index contributed by atoms with van der Waals surface area (Å²) < 4.78 is 10.9. The highest BCUT2D eigenvalue weighted by Crippen LogP contribution is 2.20. The Morgan fingerprint density at radius 3 is 2.47 bits per heavy atom. The number of thiazole rings is 1. The van der Waals surface area contributed by atoms with E-state index in [1.807, 2.05) is 19.2 Å². The lowest BCUT2D eigenvalue weighted by atomic mass is 10.0. The molecule has 0 aliphatic carbocycles. The van der Waals surface area contributed by atoms with Gasteiger partial charge in [-0.15, -0.1) is 11.3 Å². The van der Waals surface area contributed by atoms with E-state index in [0.29, 0.717) is 23.0 Å². The van der Waals surface area contributed by atoms with E-state index in [-0.39, 0.29) is 29.9 Å². The number of methoxy groups -OCH3 is 1. The van der Waals surface area contributed by atoms with Crippen LogP contribution in [0.25, 0.3) is 0 Å². The molecule has 1 aliphatic rings. The molecule has 8 nitrogen and oxygen atoms in total. The lowest BCUT2D eigenvalue weighted by molar-refractivity contribution is -0.118. The molecule has 3 rings (SSSR count). The second kappa shape index (κ2) is 10.9. The number of ether oxygens (including phenoxy) is 2. The maximum atomic E-state index is 12.9. The Kier molecular flexibility index (Phi) is 8.22. The minimum Gasteiger partial charge on any atom is -0.497 e. The average molecular weight is 461 g/mol. The zero-order valence-electron chi connectivity index (χ0n) is 19.3. The largest absolute Gasteiger partial charge is 0.497 e. The Morgan fingerprint density at radius 1 is 1.22 bits per heavy atom. The van der Waals surface area contributed by atoms with E-state index in [1.54, 1.807) is 31.4 Å². The van der Waals surface area contributed by atoms with Crippen molar-refractivity contribution in [2.45, 2.75) is 52.5 Å². The van der Waals surface area contributed by atoms with E-state index in [4.69, 9.17) is 9.47 Å². The van der Waals surface area contributed by atoms with Crippen molar-refractivity contribution in [1.29, 1.82) is 0 Å². The first-order valence-corrected chi connectivity index (χ1v) is 11.7. The van der Waals surface area contributed by atoms with E-state index in [2.05, 4.69) is 34.4 Å². The highest BCUT2D eigenvalue weighted by Gasteiger charge is 2.26. The topological polar surface area (TPSA) is 92.8 Å². The molecule has 1 aromatic heterocycles. The average Bonchev–Trinajstić information content (AvgIpc) is 3.17. The number of hydrogen-bond donors (Lipinski definition) is 2. The summed E-state index contributed by atoms with van der Waals surface area (Å²) in [5.74, 6) is -0.0125. The number of hydrogen-bond acceptors (Lipinski definition) is 7. The molecule has 32 heavy (non-hydrogen) atoms. The molecule has 0 spiro atoms. The summed E-state index contributed by atoms with van der Waals surface area (Å²) in [5, 5.41) is 8.19. The second-order valence-corrected chi connectivity index (χ2v) is 9.37. The molecule has 0 radical (unpaired) electrons. The van der Waals surface area contributed by atoms with Crippen molar-refractivity contribution in [2.75, 3.05) is 25.5 Å². The molecule has 2 heterocycles. The Labute approximate surface area is 193 Å². The van der Waals surface area contributed by atoms with Crippen molar-refractivity contribution in [1.82, 2.24) is 15.2 Å². The van der Waals surface area contributed by atoms with Crippen LogP contribution in [0, 0.1) is 5.92 Å². The molecule has 1 fully saturated rings. The van der Waals surface area contributed by atoms with Gasteiger partial charge in [0.15, 0.2) is 5.13 Å². The molecule has 1 saturated heterocycles. The number of nitrogens with one attached hydrogen (secondary N) is 2. The fourth-order valence-electron chi connectivity index (χ4n) is 3.76. The minimum absolute atomic E-state index is 0.0899. The number of carbonyl (C=O) groups is 2. The molecule has 1 aromatic carbocycles. The van der Waals surface area contributed by atoms with Crippen LogP contribution >= 0.6 is 11.3 Å². The number of rotatable bonds is 8. The third kappa shape index (κ3) is 6.51. The number of amides is 2. The maximum absolute atomic E-state index is 12.9. The van der Waals surface area contributed by atoms with Crippen LogP contribution in [0.4, 0.5) is 5.13 Å². The van der Waals surface area contributed by atoms with Gasteiger partial charge in [-0.1, -0.05) is 13.8 Å². The number of carbonyl (C=O) groups excluding carboxylic acids is 2. The lowest BCUT2D eigenvalue weighted by Gasteiger charge is -2.34. The molecule has 2 amide bonds. The molecular formula is C23H32N4O4S. The monoisotopic (exact) mass is 460 g/mol. The van der Waals surface area contributed by atoms with Gasteiger partial charge in [0.25, 0.3) is 5.91 Å². The van der Waals surface area contributed by atoms with Gasteiger partial charge in [-0.05, 0) is 44.0 Å². The summed E-state index contributed by atoms with van der Waals surface area (Å²) in [6.07, 6.45) is 0.385. The van der Waals surface area contributed by atoms with Crippen molar-refractivity contribution >= 4 is 28.3 Å². The van der Waals surface area contributed by atoms with Gasteiger partial charge in [-0.25, -0.2) is 4.98 Å². The predicted octanol–water partition coefficient (Wildman–Crippen LogP) is 3.15. The van der Waals surface area contributed by atoms with E-state index >= 15 is 0 Å². The molecule has 0 bridgehead atoms. The van der Waals surface area contributed by atoms with Gasteiger partial charge >= 0.3 is 0 Å². The Bertz CT molecular complexity index is 905. The maximum Gasteiger partial charge on any atom is 0.251 e. The molecule has 2 aromatic rings. The molecule has 3 atom stereocenters. The first-order valence-electron chi connectivity index (χ1n) is 10.8. The van der Waals surface area contributed by atoms with Gasteiger partial charge in [0.2, 0.25) is 5.91 Å². The van der Waals surface area contributed by atoms with Crippen molar-refractivity contribution in [3.8, 4) is 5.75 Å². The van der Waals surface area contributed by atoms with Crippen molar-refractivity contribution in [2.24, 2.45) is 5.92 Å². The lowest BCUT2D eigenvalue weighted by Crippen LogP contribution is -2.47. The third-order valence-corrected chi connectivity index (χ3v) is 6.06. The fraction of sp³-hybridized carbons (Fsp3) is 0.522. The fourth-order valence-corrected chi connectivity index (χ4v) is 4.47. The summed E-state index contributed by atoms with van der Waals surface area (Å²) in [6.45, 7) is 10.4. The molecule has 9 heteroatoms. The van der Waals surface area contributed by atoms with Crippen LogP contribution in [-0.2, 0) is 16.1 Å². The van der Waals surface area contributed by atoms with Crippen LogP contribution in [0.2, 0.25) is 0 Å². The zero-order chi connectivity index (χ0) is 23.3. The summed E-state index contributed by atoms with van der Waals surface area (Å²) in [6, 6.07) is 6.09. The van der Waals surface area contributed by atoms with Crippen molar-refractivity contribution in [3.05, 3.63) is 40.9 Å². The minimum atomic E-state index is -0.683. The zero-order valence-corrected chi connectivity index (χ0v) is 20.1.